The van der Waals surface area contributed by atoms with E-state index in [4.69, 9.17) is 0 Å². The Kier molecular flexibility index (Phi) is 5.78. The fourth-order valence-corrected chi connectivity index (χ4v) is 6.61. The number of carbonyl (C=O) groups is 2. The van der Waals surface area contributed by atoms with Gasteiger partial charge in [-0.15, -0.1) is 0 Å². The molecule has 0 unspecified atom stereocenters. The highest BCUT2D eigenvalue weighted by Crippen LogP contribution is 2.46. The molecule has 2 aromatic carbocycles. The zero-order valence-corrected chi connectivity index (χ0v) is 20.6. The SMILES string of the molecule is CC1(C)C[C@H](NC(=O)N2CCc3ccccc32)C[C@@](C)(CNC(=O)N2CCc3ccccc32)C1. The first-order valence-corrected chi connectivity index (χ1v) is 12.5. The van der Waals surface area contributed by atoms with E-state index in [2.05, 4.69) is 43.5 Å². The van der Waals surface area contributed by atoms with Crippen LogP contribution < -0.4 is 20.4 Å². The fraction of sp³-hybridized carbons (Fsp3) is 0.500. The normalized spacial score (nSPS) is 25.0. The molecule has 180 valence electrons. The van der Waals surface area contributed by atoms with Crippen LogP contribution in [0.5, 0.6) is 0 Å². The van der Waals surface area contributed by atoms with Crippen molar-refractivity contribution >= 4 is 23.4 Å². The highest BCUT2D eigenvalue weighted by atomic mass is 16.2. The maximum absolute atomic E-state index is 13.2. The standard InChI is InChI=1S/C28H36N4O2/c1-27(2)16-22(30-26(34)32-15-13-21-9-5-7-11-24(21)32)17-28(3,18-27)19-29-25(33)31-14-12-20-8-4-6-10-23(20)31/h4-11,22H,12-19H2,1-3H3,(H,29,33)(H,30,34)/t22-,28+/m0/s1. The van der Waals surface area contributed by atoms with Gasteiger partial charge in [0.05, 0.1) is 0 Å². The number of para-hydroxylation sites is 2. The van der Waals surface area contributed by atoms with Crippen LogP contribution in [0.15, 0.2) is 48.5 Å². The molecular formula is C28H36N4O2. The van der Waals surface area contributed by atoms with Gasteiger partial charge >= 0.3 is 12.1 Å². The summed E-state index contributed by atoms with van der Waals surface area (Å²) in [5.74, 6) is 0. The number of amides is 4. The van der Waals surface area contributed by atoms with E-state index >= 15 is 0 Å². The van der Waals surface area contributed by atoms with Gasteiger partial charge in [0.2, 0.25) is 0 Å². The maximum atomic E-state index is 13.2. The lowest BCUT2D eigenvalue weighted by atomic mass is 9.62. The number of rotatable bonds is 3. The second-order valence-electron chi connectivity index (χ2n) is 11.4. The van der Waals surface area contributed by atoms with Crippen molar-refractivity contribution in [2.45, 2.75) is 58.9 Å². The van der Waals surface area contributed by atoms with Crippen LogP contribution in [0.1, 0.15) is 51.2 Å². The number of urea groups is 2. The number of nitrogens with one attached hydrogen (secondary N) is 2. The van der Waals surface area contributed by atoms with Crippen molar-refractivity contribution in [3.8, 4) is 0 Å². The number of hydrogen-bond acceptors (Lipinski definition) is 2. The lowest BCUT2D eigenvalue weighted by molar-refractivity contribution is 0.0756. The van der Waals surface area contributed by atoms with Crippen LogP contribution in [0.3, 0.4) is 0 Å². The summed E-state index contributed by atoms with van der Waals surface area (Å²) in [6.45, 7) is 8.85. The molecule has 5 rings (SSSR count). The van der Waals surface area contributed by atoms with Crippen LogP contribution in [-0.2, 0) is 12.8 Å². The number of benzene rings is 2. The lowest BCUT2D eigenvalue weighted by Gasteiger charge is -2.47. The van der Waals surface area contributed by atoms with Gasteiger partial charge in [-0.3, -0.25) is 9.80 Å². The van der Waals surface area contributed by atoms with Crippen LogP contribution >= 0.6 is 0 Å². The van der Waals surface area contributed by atoms with Gasteiger partial charge in [-0.25, -0.2) is 9.59 Å². The van der Waals surface area contributed by atoms with Crippen molar-refractivity contribution in [2.24, 2.45) is 10.8 Å². The molecule has 6 heteroatoms. The molecule has 0 spiro atoms. The van der Waals surface area contributed by atoms with Gasteiger partial charge in [0.1, 0.15) is 0 Å². The van der Waals surface area contributed by atoms with Gasteiger partial charge in [-0.1, -0.05) is 57.2 Å². The largest absolute Gasteiger partial charge is 0.337 e. The number of nitrogens with zero attached hydrogens (tertiary/aromatic N) is 2. The van der Waals surface area contributed by atoms with E-state index in [0.717, 1.165) is 56.6 Å². The monoisotopic (exact) mass is 460 g/mol. The minimum Gasteiger partial charge on any atom is -0.337 e. The molecule has 0 bridgehead atoms. The van der Waals surface area contributed by atoms with Crippen LogP contribution in [-0.4, -0.2) is 37.7 Å². The van der Waals surface area contributed by atoms with E-state index in [1.54, 1.807) is 0 Å². The minimum absolute atomic E-state index is 0.00675. The molecule has 3 aliphatic rings. The molecule has 0 radical (unpaired) electrons. The summed E-state index contributed by atoms with van der Waals surface area (Å²) < 4.78 is 0. The average molecular weight is 461 g/mol. The molecule has 1 aliphatic carbocycles. The molecule has 0 saturated heterocycles. The first-order chi connectivity index (χ1) is 16.2. The van der Waals surface area contributed by atoms with Gasteiger partial charge < -0.3 is 10.6 Å². The van der Waals surface area contributed by atoms with E-state index in [0.29, 0.717) is 6.54 Å². The smallest absolute Gasteiger partial charge is 0.322 e. The van der Waals surface area contributed by atoms with Crippen LogP contribution in [0.25, 0.3) is 0 Å². The Labute approximate surface area is 202 Å². The Morgan fingerprint density at radius 2 is 1.41 bits per heavy atom. The van der Waals surface area contributed by atoms with E-state index < -0.39 is 0 Å². The zero-order valence-electron chi connectivity index (χ0n) is 20.6. The Bertz CT molecular complexity index is 1100. The second-order valence-corrected chi connectivity index (χ2v) is 11.4. The average Bonchev–Trinajstić information content (AvgIpc) is 3.41. The van der Waals surface area contributed by atoms with Crippen molar-refractivity contribution < 1.29 is 9.59 Å². The summed E-state index contributed by atoms with van der Waals surface area (Å²) in [6, 6.07) is 16.3. The topological polar surface area (TPSA) is 64.7 Å². The number of hydrogen-bond donors (Lipinski definition) is 2. The Hall–Kier alpha value is -3.02. The Morgan fingerprint density at radius 1 is 0.853 bits per heavy atom. The maximum Gasteiger partial charge on any atom is 0.322 e. The van der Waals surface area contributed by atoms with E-state index in [1.165, 1.54) is 11.1 Å². The van der Waals surface area contributed by atoms with Crippen molar-refractivity contribution in [1.82, 2.24) is 10.6 Å². The summed E-state index contributed by atoms with van der Waals surface area (Å²) in [6.07, 6.45) is 4.62. The highest BCUT2D eigenvalue weighted by molar-refractivity contribution is 5.95. The number of anilines is 2. The molecule has 2 aromatic rings. The lowest BCUT2D eigenvalue weighted by Crippen LogP contribution is -2.53. The van der Waals surface area contributed by atoms with Crippen LogP contribution in [0.2, 0.25) is 0 Å². The number of fused-ring (bicyclic) bond motifs is 2. The molecule has 2 aliphatic heterocycles. The summed E-state index contributed by atoms with van der Waals surface area (Å²) >= 11 is 0. The van der Waals surface area contributed by atoms with Gasteiger partial charge in [-0.2, -0.15) is 0 Å². The minimum atomic E-state index is -0.0858. The Morgan fingerprint density at radius 3 is 2.03 bits per heavy atom. The molecule has 0 aromatic heterocycles. The van der Waals surface area contributed by atoms with E-state index in [1.807, 2.05) is 46.2 Å². The number of carbonyl (C=O) groups excluding carboxylic acids is 2. The molecule has 34 heavy (non-hydrogen) atoms. The Balaban J connectivity index is 1.23. The predicted molar refractivity (Wildman–Crippen MR) is 136 cm³/mol. The third-order valence-corrected chi connectivity index (χ3v) is 7.70. The van der Waals surface area contributed by atoms with E-state index in [9.17, 15) is 9.59 Å². The third kappa shape index (κ3) is 4.50. The first kappa shape index (κ1) is 22.8. The molecule has 4 amide bonds. The fourth-order valence-electron chi connectivity index (χ4n) is 6.61. The van der Waals surface area contributed by atoms with Crippen molar-refractivity contribution in [2.75, 3.05) is 29.4 Å². The van der Waals surface area contributed by atoms with Gasteiger partial charge in [0.15, 0.2) is 0 Å². The summed E-state index contributed by atoms with van der Waals surface area (Å²) in [4.78, 5) is 30.0. The molecule has 2 N–H and O–H groups in total. The third-order valence-electron chi connectivity index (χ3n) is 7.70. The summed E-state index contributed by atoms with van der Waals surface area (Å²) in [7, 11) is 0. The molecule has 1 saturated carbocycles. The van der Waals surface area contributed by atoms with Crippen LogP contribution in [0, 0.1) is 10.8 Å². The van der Waals surface area contributed by atoms with Gasteiger partial charge in [-0.05, 0) is 66.2 Å². The van der Waals surface area contributed by atoms with Crippen molar-refractivity contribution in [1.29, 1.82) is 0 Å². The highest BCUT2D eigenvalue weighted by Gasteiger charge is 2.42. The van der Waals surface area contributed by atoms with Crippen molar-refractivity contribution in [3.05, 3.63) is 59.7 Å². The molecule has 2 heterocycles. The molecular weight excluding hydrogens is 424 g/mol. The van der Waals surface area contributed by atoms with Gasteiger partial charge in [0.25, 0.3) is 0 Å². The van der Waals surface area contributed by atoms with Crippen LogP contribution in [0.4, 0.5) is 21.0 Å². The predicted octanol–water partition coefficient (Wildman–Crippen LogP) is 5.12. The molecule has 1 fully saturated rings. The van der Waals surface area contributed by atoms with Gasteiger partial charge in [0, 0.05) is 37.1 Å². The second kappa shape index (κ2) is 8.64. The quantitative estimate of drug-likeness (QED) is 0.668. The summed E-state index contributed by atoms with van der Waals surface area (Å²) in [5, 5.41) is 6.55. The molecule has 6 nitrogen and oxygen atoms in total. The van der Waals surface area contributed by atoms with E-state index in [-0.39, 0.29) is 28.9 Å². The summed E-state index contributed by atoms with van der Waals surface area (Å²) in [5.41, 5.74) is 4.50. The molecule has 2 atom stereocenters. The van der Waals surface area contributed by atoms with Crippen molar-refractivity contribution in [3.63, 3.8) is 0 Å². The first-order valence-electron chi connectivity index (χ1n) is 12.5. The zero-order chi connectivity index (χ0) is 23.9.